The van der Waals surface area contributed by atoms with E-state index in [4.69, 9.17) is 18.5 Å². The average Bonchev–Trinajstić information content (AvgIpc) is 3.20. The zero-order chi connectivity index (χ0) is 46.2. The summed E-state index contributed by atoms with van der Waals surface area (Å²) >= 11 is 0. The van der Waals surface area contributed by atoms with Crippen molar-refractivity contribution in [2.45, 2.75) is 257 Å². The predicted octanol–water partition coefficient (Wildman–Crippen LogP) is 13.1. The van der Waals surface area contributed by atoms with Gasteiger partial charge in [-0.05, 0) is 66.2 Å². The maximum atomic E-state index is 12.9. The SMILES string of the molecule is CCCCCCCC/C=C\CCCCCCCC(=O)O[C@H](COC(=O)CCCCCCCCCCCCCCC)CO[P+]([O])([O-])OCC[N+](C)(C)C1CC(C)(C)N([O-])C(C)(C)C1. The molecule has 1 heterocycles. The molecular weight excluding hydrogens is 804 g/mol. The lowest BCUT2D eigenvalue weighted by Gasteiger charge is -2.61. The van der Waals surface area contributed by atoms with Crippen LogP contribution in [0, 0.1) is 5.21 Å². The Balaban J connectivity index is 2.53. The Kier molecular flexibility index (Phi) is 32.4. The normalized spacial score (nSPS) is 17.3. The largest absolute Gasteiger partial charge is 0.784 e. The van der Waals surface area contributed by atoms with Crippen molar-refractivity contribution in [1.29, 1.82) is 0 Å². The Morgan fingerprint density at radius 3 is 1.50 bits per heavy atom. The molecule has 1 saturated heterocycles. The van der Waals surface area contributed by atoms with Gasteiger partial charge in [0, 0.05) is 41.7 Å². The number of hydroxylamine groups is 2. The van der Waals surface area contributed by atoms with Gasteiger partial charge in [-0.15, -0.1) is 0 Å². The molecule has 0 aromatic heterocycles. The van der Waals surface area contributed by atoms with Gasteiger partial charge in [0.15, 0.2) is 6.10 Å². The van der Waals surface area contributed by atoms with Crippen LogP contribution in [0.3, 0.4) is 0 Å². The topological polar surface area (TPSA) is 140 Å². The summed E-state index contributed by atoms with van der Waals surface area (Å²) in [5.74, 6) is -0.874. The highest BCUT2D eigenvalue weighted by Crippen LogP contribution is 2.49. The van der Waals surface area contributed by atoms with E-state index in [1.54, 1.807) is 0 Å². The van der Waals surface area contributed by atoms with E-state index < -0.39 is 43.9 Å². The number of carbonyl (C=O) groups is 2. The van der Waals surface area contributed by atoms with Crippen LogP contribution in [0.15, 0.2) is 12.2 Å². The van der Waals surface area contributed by atoms with E-state index in [1.165, 1.54) is 108 Å². The number of hydrogen-bond donors (Lipinski definition) is 0. The molecule has 0 bridgehead atoms. The summed E-state index contributed by atoms with van der Waals surface area (Å²) in [5, 5.41) is 14.1. The van der Waals surface area contributed by atoms with Crippen molar-refractivity contribution in [3.63, 3.8) is 0 Å². The molecular formula is C50H96N2O9P. The highest BCUT2D eigenvalue weighted by molar-refractivity contribution is 7.52. The first-order valence-corrected chi connectivity index (χ1v) is 26.8. The van der Waals surface area contributed by atoms with Crippen LogP contribution in [0.2, 0.25) is 0 Å². The van der Waals surface area contributed by atoms with Crippen LogP contribution in [-0.4, -0.2) is 85.2 Å². The number of allylic oxidation sites excluding steroid dienone is 2. The molecule has 1 radical (unpaired) electrons. The van der Waals surface area contributed by atoms with Gasteiger partial charge >= 0.3 is 20.1 Å². The fraction of sp³-hybridized carbons (Fsp3) is 0.920. The summed E-state index contributed by atoms with van der Waals surface area (Å²) in [6, 6.07) is 0.126. The molecule has 365 valence electrons. The molecule has 0 N–H and O–H groups in total. The number of unbranched alkanes of at least 4 members (excludes halogenated alkanes) is 23. The third kappa shape index (κ3) is 29.4. The van der Waals surface area contributed by atoms with Gasteiger partial charge in [0.05, 0.1) is 20.1 Å². The zero-order valence-electron chi connectivity index (χ0n) is 41.4. The molecule has 1 rings (SSSR count). The Morgan fingerprint density at radius 2 is 1.05 bits per heavy atom. The van der Waals surface area contributed by atoms with Crippen molar-refractivity contribution in [2.24, 2.45) is 0 Å². The molecule has 0 aliphatic carbocycles. The monoisotopic (exact) mass is 900 g/mol. The van der Waals surface area contributed by atoms with Gasteiger partial charge in [-0.3, -0.25) is 9.59 Å². The number of likely N-dealkylation sites (N-methyl/N-ethyl adjacent to an activating group) is 1. The van der Waals surface area contributed by atoms with Crippen molar-refractivity contribution >= 4 is 20.1 Å². The smallest absolute Gasteiger partial charge is 0.426 e. The fourth-order valence-electron chi connectivity index (χ4n) is 8.73. The summed E-state index contributed by atoms with van der Waals surface area (Å²) in [6.07, 6.45) is 36.0. The molecule has 0 saturated carbocycles. The second-order valence-corrected chi connectivity index (χ2v) is 21.6. The molecule has 1 aliphatic rings. The van der Waals surface area contributed by atoms with Gasteiger partial charge in [-0.25, -0.2) is 0 Å². The lowest BCUT2D eigenvalue weighted by molar-refractivity contribution is -0.918. The quantitative estimate of drug-likeness (QED) is 0.0193. The number of nitrogens with zero attached hydrogens (tertiary/aromatic N) is 2. The first kappa shape index (κ1) is 58.8. The molecule has 0 amide bonds. The van der Waals surface area contributed by atoms with Gasteiger partial charge in [0.2, 0.25) is 0 Å². The van der Waals surface area contributed by atoms with Crippen LogP contribution < -0.4 is 4.89 Å². The zero-order valence-corrected chi connectivity index (χ0v) is 42.3. The molecule has 0 aromatic rings. The maximum Gasteiger partial charge on any atom is 0.426 e. The van der Waals surface area contributed by atoms with Crippen LogP contribution in [0.1, 0.15) is 234 Å². The van der Waals surface area contributed by atoms with E-state index in [1.807, 2.05) is 41.8 Å². The highest BCUT2D eigenvalue weighted by Gasteiger charge is 2.46. The van der Waals surface area contributed by atoms with E-state index in [2.05, 4.69) is 26.0 Å². The van der Waals surface area contributed by atoms with Gasteiger partial charge in [0.25, 0.3) is 0 Å². The van der Waals surface area contributed by atoms with E-state index in [0.29, 0.717) is 30.3 Å². The molecule has 62 heavy (non-hydrogen) atoms. The molecule has 0 spiro atoms. The first-order valence-electron chi connectivity index (χ1n) is 25.4. The Hall–Kier alpha value is -1.17. The summed E-state index contributed by atoms with van der Waals surface area (Å²) in [5.41, 5.74) is -1.10. The number of rotatable bonds is 40. The third-order valence-electron chi connectivity index (χ3n) is 12.7. The Labute approximate surface area is 381 Å². The van der Waals surface area contributed by atoms with Crippen molar-refractivity contribution in [3.8, 4) is 0 Å². The minimum absolute atomic E-state index is 0.111. The van der Waals surface area contributed by atoms with Crippen LogP contribution >= 0.6 is 8.17 Å². The minimum atomic E-state index is -4.78. The summed E-state index contributed by atoms with van der Waals surface area (Å²) in [4.78, 5) is 51.4. The minimum Gasteiger partial charge on any atom is -0.784 e. The molecule has 0 aromatic carbocycles. The predicted molar refractivity (Wildman–Crippen MR) is 253 cm³/mol. The molecule has 1 fully saturated rings. The summed E-state index contributed by atoms with van der Waals surface area (Å²) in [7, 11) is -0.731. The molecule has 1 atom stereocenters. The number of piperidine rings is 1. The fourth-order valence-corrected chi connectivity index (χ4v) is 9.46. The van der Waals surface area contributed by atoms with Crippen LogP contribution in [0.5, 0.6) is 0 Å². The van der Waals surface area contributed by atoms with Gasteiger partial charge in [-0.1, -0.05) is 154 Å². The molecule has 0 unspecified atom stereocenters. The Morgan fingerprint density at radius 1 is 0.645 bits per heavy atom. The van der Waals surface area contributed by atoms with Crippen molar-refractivity contribution in [1.82, 2.24) is 5.06 Å². The van der Waals surface area contributed by atoms with Crippen LogP contribution in [-0.2, 0) is 33.0 Å². The van der Waals surface area contributed by atoms with Crippen molar-refractivity contribution in [3.05, 3.63) is 17.4 Å². The molecule has 1 aliphatic heterocycles. The number of esters is 2. The number of carbonyl (C=O) groups excluding carboxylic acids is 2. The van der Waals surface area contributed by atoms with E-state index in [0.717, 1.165) is 57.8 Å². The second kappa shape index (κ2) is 34.2. The van der Waals surface area contributed by atoms with Crippen molar-refractivity contribution < 1.29 is 42.4 Å². The van der Waals surface area contributed by atoms with Crippen molar-refractivity contribution in [2.75, 3.05) is 40.5 Å². The molecule has 12 heteroatoms. The summed E-state index contributed by atoms with van der Waals surface area (Å²) < 4.78 is 22.1. The van der Waals surface area contributed by atoms with Gasteiger partial charge < -0.3 is 29.1 Å². The third-order valence-corrected chi connectivity index (χ3v) is 13.7. The summed E-state index contributed by atoms with van der Waals surface area (Å²) in [6.45, 7) is 11.8. The van der Waals surface area contributed by atoms with E-state index >= 15 is 0 Å². The lowest BCUT2D eigenvalue weighted by atomic mass is 9.77. The van der Waals surface area contributed by atoms with Crippen LogP contribution in [0.4, 0.5) is 0 Å². The van der Waals surface area contributed by atoms with E-state index in [9.17, 15) is 24.6 Å². The van der Waals surface area contributed by atoms with Gasteiger partial charge in [0.1, 0.15) is 26.4 Å². The second-order valence-electron chi connectivity index (χ2n) is 20.2. The highest BCUT2D eigenvalue weighted by atomic mass is 31.2. The first-order chi connectivity index (χ1) is 29.5. The van der Waals surface area contributed by atoms with Gasteiger partial charge in [-0.2, -0.15) is 9.05 Å². The lowest BCUT2D eigenvalue weighted by Crippen LogP contribution is -2.65. The molecule has 11 nitrogen and oxygen atoms in total. The van der Waals surface area contributed by atoms with Crippen LogP contribution in [0.25, 0.3) is 0 Å². The number of ether oxygens (including phenoxy) is 2. The Bertz CT molecular complexity index is 1150. The number of quaternary nitrogens is 1. The standard InChI is InChI=1S/C50H96N2O9P/c1-9-11-13-15-17-19-21-23-24-26-28-30-32-34-36-38-48(54)61-46(43-58-47(53)37-35-33-31-29-27-25-22-20-18-16-14-12-10-2)44-60-62(56,57)59-40-39-52(7,8)45-41-49(3,4)51(55)50(5,6)42-45/h23-24,45-46H,9-22,25-44H2,1-8H3/b24-23-/t46-/m1/s1. The average molecular weight is 900 g/mol. The van der Waals surface area contributed by atoms with E-state index in [-0.39, 0.29) is 32.1 Å². The number of hydrogen-bond acceptors (Lipinski definition) is 9. The maximum absolute atomic E-state index is 12.9.